The third-order valence-electron chi connectivity index (χ3n) is 5.18. The van der Waals surface area contributed by atoms with Crippen LogP contribution >= 0.6 is 0 Å². The predicted octanol–water partition coefficient (Wildman–Crippen LogP) is 4.48. The van der Waals surface area contributed by atoms with Crippen molar-refractivity contribution < 1.29 is 13.7 Å². The Kier molecular flexibility index (Phi) is 6.95. The molecule has 0 bridgehead atoms. The van der Waals surface area contributed by atoms with Crippen LogP contribution in [0.4, 0.5) is 10.2 Å². The molecule has 4 rings (SSSR count). The Morgan fingerprint density at radius 2 is 1.88 bits per heavy atom. The van der Waals surface area contributed by atoms with E-state index < -0.39 is 0 Å². The van der Waals surface area contributed by atoms with Crippen LogP contribution in [0.15, 0.2) is 71.3 Å². The number of rotatable bonds is 9. The molecule has 2 aromatic carbocycles. The van der Waals surface area contributed by atoms with Crippen LogP contribution in [-0.4, -0.2) is 45.9 Å². The van der Waals surface area contributed by atoms with Crippen LogP contribution < -0.4 is 5.32 Å². The molecule has 2 heterocycles. The first kappa shape index (κ1) is 22.4. The Labute approximate surface area is 191 Å². The van der Waals surface area contributed by atoms with Gasteiger partial charge in [-0.2, -0.15) is 5.10 Å². The van der Waals surface area contributed by atoms with E-state index in [1.54, 1.807) is 22.9 Å². The van der Waals surface area contributed by atoms with Gasteiger partial charge >= 0.3 is 0 Å². The molecule has 0 spiro atoms. The Morgan fingerprint density at radius 3 is 2.64 bits per heavy atom. The van der Waals surface area contributed by atoms with Crippen molar-refractivity contribution in [3.63, 3.8) is 0 Å². The average Bonchev–Trinajstić information content (AvgIpc) is 3.41. The summed E-state index contributed by atoms with van der Waals surface area (Å²) in [5.74, 6) is 0.904. The molecular weight excluding hydrogens is 421 g/mol. The van der Waals surface area contributed by atoms with E-state index in [1.165, 1.54) is 12.1 Å². The molecular formula is C25H26FN5O2. The van der Waals surface area contributed by atoms with Crippen molar-refractivity contribution in [2.45, 2.75) is 19.8 Å². The van der Waals surface area contributed by atoms with Crippen molar-refractivity contribution >= 4 is 11.7 Å². The molecule has 0 aliphatic heterocycles. The van der Waals surface area contributed by atoms with E-state index >= 15 is 0 Å². The third-order valence-corrected chi connectivity index (χ3v) is 5.18. The molecule has 0 fully saturated rings. The van der Waals surface area contributed by atoms with Crippen LogP contribution in [0.5, 0.6) is 0 Å². The third kappa shape index (κ3) is 5.93. The number of carbonyl (C=O) groups excluding carboxylic acids is 1. The number of amides is 1. The van der Waals surface area contributed by atoms with Gasteiger partial charge in [-0.25, -0.2) is 9.07 Å². The number of carbonyl (C=O) groups is 1. The van der Waals surface area contributed by atoms with Crippen molar-refractivity contribution in [3.8, 4) is 16.9 Å². The highest BCUT2D eigenvalue weighted by Gasteiger charge is 2.13. The number of nitrogens with zero attached hydrogens (tertiary/aromatic N) is 4. The monoisotopic (exact) mass is 447 g/mol. The smallest absolute Gasteiger partial charge is 0.239 e. The second kappa shape index (κ2) is 10.2. The SMILES string of the molecule is Cc1cc(NC(=O)CN(C)CCCc2cc(-c3ccccc3)no2)n(-c2ccc(F)cc2)n1. The van der Waals surface area contributed by atoms with Gasteiger partial charge in [-0.05, 0) is 51.2 Å². The maximum Gasteiger partial charge on any atom is 0.239 e. The lowest BCUT2D eigenvalue weighted by atomic mass is 10.1. The second-order valence-corrected chi connectivity index (χ2v) is 7.99. The minimum atomic E-state index is -0.323. The van der Waals surface area contributed by atoms with Crippen molar-refractivity contribution in [1.82, 2.24) is 19.8 Å². The summed E-state index contributed by atoms with van der Waals surface area (Å²) in [4.78, 5) is 14.5. The Morgan fingerprint density at radius 1 is 1.12 bits per heavy atom. The number of benzene rings is 2. The molecule has 4 aromatic rings. The first-order valence-corrected chi connectivity index (χ1v) is 10.8. The molecule has 1 amide bonds. The molecule has 0 aliphatic rings. The van der Waals surface area contributed by atoms with Crippen LogP contribution in [-0.2, 0) is 11.2 Å². The molecule has 2 aromatic heterocycles. The fraction of sp³-hybridized carbons (Fsp3) is 0.240. The van der Waals surface area contributed by atoms with Gasteiger partial charge in [-0.1, -0.05) is 35.5 Å². The summed E-state index contributed by atoms with van der Waals surface area (Å²) in [6, 6.07) is 19.6. The summed E-state index contributed by atoms with van der Waals surface area (Å²) in [6.45, 7) is 2.80. The molecule has 0 aliphatic carbocycles. The lowest BCUT2D eigenvalue weighted by Gasteiger charge is -2.16. The number of aromatic nitrogens is 3. The van der Waals surface area contributed by atoms with E-state index in [-0.39, 0.29) is 18.3 Å². The number of nitrogens with one attached hydrogen (secondary N) is 1. The predicted molar refractivity (Wildman–Crippen MR) is 125 cm³/mol. The van der Waals surface area contributed by atoms with Gasteiger partial charge in [0, 0.05) is 24.1 Å². The number of aryl methyl sites for hydroxylation is 2. The highest BCUT2D eigenvalue weighted by atomic mass is 19.1. The Hall–Kier alpha value is -3.78. The van der Waals surface area contributed by atoms with E-state index in [0.717, 1.165) is 42.1 Å². The standard InChI is InChI=1S/C25H26FN5O2/c1-18-15-24(31(28-18)21-12-10-20(26)11-13-21)27-25(32)17-30(2)14-6-9-22-16-23(29-33-22)19-7-4-3-5-8-19/h3-5,7-8,10-13,15-16H,6,9,14,17H2,1-2H3,(H,27,32). The molecule has 7 nitrogen and oxygen atoms in total. The molecule has 8 heteroatoms. The molecule has 0 saturated carbocycles. The number of likely N-dealkylation sites (N-methyl/N-ethyl adjacent to an activating group) is 1. The summed E-state index contributed by atoms with van der Waals surface area (Å²) in [7, 11) is 1.90. The van der Waals surface area contributed by atoms with Gasteiger partial charge in [0.15, 0.2) is 0 Å². The molecule has 0 radical (unpaired) electrons. The molecule has 0 atom stereocenters. The minimum absolute atomic E-state index is 0.146. The fourth-order valence-corrected chi connectivity index (χ4v) is 3.57. The number of anilines is 1. The summed E-state index contributed by atoms with van der Waals surface area (Å²) in [6.07, 6.45) is 1.57. The van der Waals surface area contributed by atoms with Crippen molar-refractivity contribution in [3.05, 3.63) is 84.0 Å². The number of halogens is 1. The first-order chi connectivity index (χ1) is 16.0. The molecule has 0 unspecified atom stereocenters. The van der Waals surface area contributed by atoms with Crippen LogP contribution in [0.2, 0.25) is 0 Å². The number of hydrogen-bond acceptors (Lipinski definition) is 5. The van der Waals surface area contributed by atoms with Crippen LogP contribution in [0, 0.1) is 12.7 Å². The van der Waals surface area contributed by atoms with E-state index in [4.69, 9.17) is 4.52 Å². The van der Waals surface area contributed by atoms with Crippen LogP contribution in [0.25, 0.3) is 16.9 Å². The maximum absolute atomic E-state index is 13.2. The average molecular weight is 448 g/mol. The summed E-state index contributed by atoms with van der Waals surface area (Å²) >= 11 is 0. The van der Waals surface area contributed by atoms with Gasteiger partial charge in [0.1, 0.15) is 23.1 Å². The van der Waals surface area contributed by atoms with E-state index in [0.29, 0.717) is 11.5 Å². The lowest BCUT2D eigenvalue weighted by Crippen LogP contribution is -2.31. The Bertz CT molecular complexity index is 1200. The zero-order valence-corrected chi connectivity index (χ0v) is 18.7. The largest absolute Gasteiger partial charge is 0.361 e. The highest BCUT2D eigenvalue weighted by Crippen LogP contribution is 2.20. The van der Waals surface area contributed by atoms with Gasteiger partial charge in [-0.3, -0.25) is 9.69 Å². The van der Waals surface area contributed by atoms with Gasteiger partial charge < -0.3 is 9.84 Å². The molecule has 170 valence electrons. The second-order valence-electron chi connectivity index (χ2n) is 7.99. The van der Waals surface area contributed by atoms with Gasteiger partial charge in [0.25, 0.3) is 0 Å². The van der Waals surface area contributed by atoms with Crippen molar-refractivity contribution in [1.29, 1.82) is 0 Å². The normalized spacial score (nSPS) is 11.2. The zero-order chi connectivity index (χ0) is 23.2. The van der Waals surface area contributed by atoms with Crippen LogP contribution in [0.3, 0.4) is 0 Å². The topological polar surface area (TPSA) is 76.2 Å². The van der Waals surface area contributed by atoms with E-state index in [1.807, 2.05) is 55.3 Å². The summed E-state index contributed by atoms with van der Waals surface area (Å²) in [5.41, 5.74) is 3.28. The fourth-order valence-electron chi connectivity index (χ4n) is 3.57. The zero-order valence-electron chi connectivity index (χ0n) is 18.7. The van der Waals surface area contributed by atoms with Crippen molar-refractivity contribution in [2.24, 2.45) is 0 Å². The highest BCUT2D eigenvalue weighted by molar-refractivity contribution is 5.91. The molecule has 1 N–H and O–H groups in total. The lowest BCUT2D eigenvalue weighted by molar-refractivity contribution is -0.117. The Balaban J connectivity index is 1.27. The van der Waals surface area contributed by atoms with Crippen molar-refractivity contribution in [2.75, 3.05) is 25.5 Å². The quantitative estimate of drug-likeness (QED) is 0.410. The van der Waals surface area contributed by atoms with Gasteiger partial charge in [0.2, 0.25) is 5.91 Å². The van der Waals surface area contributed by atoms with Crippen LogP contribution in [0.1, 0.15) is 17.9 Å². The summed E-state index contributed by atoms with van der Waals surface area (Å²) < 4.78 is 20.3. The number of hydrogen-bond donors (Lipinski definition) is 1. The van der Waals surface area contributed by atoms with E-state index in [2.05, 4.69) is 15.6 Å². The van der Waals surface area contributed by atoms with E-state index in [9.17, 15) is 9.18 Å². The summed E-state index contributed by atoms with van der Waals surface area (Å²) in [5, 5.41) is 11.4. The van der Waals surface area contributed by atoms with Gasteiger partial charge in [-0.15, -0.1) is 0 Å². The maximum atomic E-state index is 13.2. The molecule has 0 saturated heterocycles. The van der Waals surface area contributed by atoms with Gasteiger partial charge in [0.05, 0.1) is 17.9 Å². The first-order valence-electron chi connectivity index (χ1n) is 10.8. The minimum Gasteiger partial charge on any atom is -0.361 e. The molecule has 33 heavy (non-hydrogen) atoms.